The van der Waals surface area contributed by atoms with Crippen molar-refractivity contribution in [2.24, 2.45) is 0 Å². The number of hydrogen-bond donors (Lipinski definition) is 2. The summed E-state index contributed by atoms with van der Waals surface area (Å²) in [5, 5.41) is 6.65. The SMILES string of the molecule is CCOC(=O)[C@H]1NC[C@H]2CC[C@@H]1N2. The highest BCUT2D eigenvalue weighted by Crippen LogP contribution is 2.19. The molecule has 2 aliphatic rings. The first-order chi connectivity index (χ1) is 6.31. The lowest BCUT2D eigenvalue weighted by molar-refractivity contribution is -0.146. The summed E-state index contributed by atoms with van der Waals surface area (Å²) in [7, 11) is 0. The minimum atomic E-state index is -0.126. The van der Waals surface area contributed by atoms with Crippen LogP contribution in [0.4, 0.5) is 0 Å². The molecule has 0 spiro atoms. The Balaban J connectivity index is 1.95. The molecule has 0 amide bonds. The van der Waals surface area contributed by atoms with E-state index in [1.165, 1.54) is 6.42 Å². The van der Waals surface area contributed by atoms with Gasteiger partial charge in [0, 0.05) is 18.6 Å². The maximum atomic E-state index is 11.5. The predicted octanol–water partition coefficient (Wildman–Crippen LogP) is -0.358. The van der Waals surface area contributed by atoms with Crippen LogP contribution in [0, 0.1) is 0 Å². The van der Waals surface area contributed by atoms with Crippen molar-refractivity contribution in [2.75, 3.05) is 13.2 Å². The smallest absolute Gasteiger partial charge is 0.324 e. The molecule has 0 unspecified atom stereocenters. The molecule has 0 aliphatic carbocycles. The van der Waals surface area contributed by atoms with Crippen molar-refractivity contribution >= 4 is 5.97 Å². The van der Waals surface area contributed by atoms with E-state index in [9.17, 15) is 4.79 Å². The number of piperazine rings is 1. The van der Waals surface area contributed by atoms with E-state index in [4.69, 9.17) is 4.74 Å². The molecular formula is C9H16N2O2. The molecule has 4 nitrogen and oxygen atoms in total. The first-order valence-electron chi connectivity index (χ1n) is 4.97. The van der Waals surface area contributed by atoms with Crippen LogP contribution in [0.2, 0.25) is 0 Å². The second kappa shape index (κ2) is 3.64. The molecule has 3 atom stereocenters. The Morgan fingerprint density at radius 1 is 1.54 bits per heavy atom. The summed E-state index contributed by atoms with van der Waals surface area (Å²) in [6.45, 7) is 3.19. The zero-order valence-electron chi connectivity index (χ0n) is 7.88. The summed E-state index contributed by atoms with van der Waals surface area (Å²) in [5.41, 5.74) is 0. The number of fused-ring (bicyclic) bond motifs is 2. The van der Waals surface area contributed by atoms with Gasteiger partial charge in [0.25, 0.3) is 0 Å². The van der Waals surface area contributed by atoms with E-state index in [1.54, 1.807) is 0 Å². The lowest BCUT2D eigenvalue weighted by Gasteiger charge is -2.29. The van der Waals surface area contributed by atoms with Crippen LogP contribution in [-0.2, 0) is 9.53 Å². The van der Waals surface area contributed by atoms with Gasteiger partial charge >= 0.3 is 5.97 Å². The summed E-state index contributed by atoms with van der Waals surface area (Å²) in [5.74, 6) is -0.111. The summed E-state index contributed by atoms with van der Waals surface area (Å²) in [6.07, 6.45) is 2.26. The van der Waals surface area contributed by atoms with Gasteiger partial charge in [-0.25, -0.2) is 0 Å². The molecule has 2 bridgehead atoms. The van der Waals surface area contributed by atoms with E-state index in [0.717, 1.165) is 13.0 Å². The monoisotopic (exact) mass is 184 g/mol. The van der Waals surface area contributed by atoms with E-state index < -0.39 is 0 Å². The van der Waals surface area contributed by atoms with Gasteiger partial charge in [-0.05, 0) is 19.8 Å². The first-order valence-corrected chi connectivity index (χ1v) is 4.97. The van der Waals surface area contributed by atoms with Crippen molar-refractivity contribution in [1.29, 1.82) is 0 Å². The molecule has 2 N–H and O–H groups in total. The van der Waals surface area contributed by atoms with Crippen LogP contribution in [-0.4, -0.2) is 37.2 Å². The Morgan fingerprint density at radius 2 is 2.38 bits per heavy atom. The van der Waals surface area contributed by atoms with Crippen molar-refractivity contribution in [3.63, 3.8) is 0 Å². The van der Waals surface area contributed by atoms with Crippen LogP contribution in [0.25, 0.3) is 0 Å². The summed E-state index contributed by atoms with van der Waals surface area (Å²) in [4.78, 5) is 11.5. The molecular weight excluding hydrogens is 168 g/mol. The van der Waals surface area contributed by atoms with Crippen molar-refractivity contribution in [1.82, 2.24) is 10.6 Å². The Kier molecular flexibility index (Phi) is 2.51. The second-order valence-electron chi connectivity index (χ2n) is 3.69. The molecule has 2 saturated heterocycles. The van der Waals surface area contributed by atoms with E-state index in [0.29, 0.717) is 12.6 Å². The molecule has 2 rings (SSSR count). The Bertz CT molecular complexity index is 208. The average Bonchev–Trinajstić information content (AvgIpc) is 2.48. The third-order valence-electron chi connectivity index (χ3n) is 2.80. The maximum absolute atomic E-state index is 11.5. The summed E-state index contributed by atoms with van der Waals surface area (Å²) < 4.78 is 4.99. The Labute approximate surface area is 78.0 Å². The van der Waals surface area contributed by atoms with Crippen LogP contribution in [0.5, 0.6) is 0 Å². The van der Waals surface area contributed by atoms with E-state index >= 15 is 0 Å². The van der Waals surface area contributed by atoms with Crippen LogP contribution in [0.3, 0.4) is 0 Å². The number of carbonyl (C=O) groups is 1. The minimum Gasteiger partial charge on any atom is -0.465 e. The predicted molar refractivity (Wildman–Crippen MR) is 48.4 cm³/mol. The van der Waals surface area contributed by atoms with E-state index in [-0.39, 0.29) is 18.1 Å². The molecule has 0 aromatic heterocycles. The number of esters is 1. The van der Waals surface area contributed by atoms with Gasteiger partial charge in [-0.1, -0.05) is 0 Å². The number of carbonyl (C=O) groups excluding carboxylic acids is 1. The van der Waals surface area contributed by atoms with Gasteiger partial charge in [-0.2, -0.15) is 0 Å². The largest absolute Gasteiger partial charge is 0.465 e. The molecule has 0 aromatic rings. The normalized spacial score (nSPS) is 37.5. The van der Waals surface area contributed by atoms with Crippen LogP contribution in [0.1, 0.15) is 19.8 Å². The average molecular weight is 184 g/mol. The number of rotatable bonds is 2. The van der Waals surface area contributed by atoms with Gasteiger partial charge < -0.3 is 15.4 Å². The number of ether oxygens (including phenoxy) is 1. The molecule has 74 valence electrons. The summed E-state index contributed by atoms with van der Waals surface area (Å²) in [6, 6.07) is 0.729. The Hall–Kier alpha value is -0.610. The second-order valence-corrected chi connectivity index (χ2v) is 3.69. The third-order valence-corrected chi connectivity index (χ3v) is 2.80. The van der Waals surface area contributed by atoms with Gasteiger partial charge in [0.05, 0.1) is 6.61 Å². The number of hydrogen-bond acceptors (Lipinski definition) is 4. The zero-order valence-corrected chi connectivity index (χ0v) is 7.88. The lowest BCUT2D eigenvalue weighted by Crippen LogP contribution is -2.59. The molecule has 4 heteroatoms. The van der Waals surface area contributed by atoms with E-state index in [2.05, 4.69) is 10.6 Å². The lowest BCUT2D eigenvalue weighted by atomic mass is 10.1. The van der Waals surface area contributed by atoms with Gasteiger partial charge in [-0.3, -0.25) is 4.79 Å². The van der Waals surface area contributed by atoms with Crippen molar-refractivity contribution in [3.05, 3.63) is 0 Å². The third kappa shape index (κ3) is 1.69. The van der Waals surface area contributed by atoms with Gasteiger partial charge in [0.1, 0.15) is 6.04 Å². The van der Waals surface area contributed by atoms with Gasteiger partial charge in [0.2, 0.25) is 0 Å². The molecule has 2 fully saturated rings. The first kappa shape index (κ1) is 8.97. The topological polar surface area (TPSA) is 50.4 Å². The molecule has 0 aromatic carbocycles. The molecule has 13 heavy (non-hydrogen) atoms. The van der Waals surface area contributed by atoms with Crippen LogP contribution >= 0.6 is 0 Å². The van der Waals surface area contributed by atoms with E-state index in [1.807, 2.05) is 6.92 Å². The standard InChI is InChI=1S/C9H16N2O2/c1-2-13-9(12)8-7-4-3-6(11-7)5-10-8/h6-8,10-11H,2-5H2,1H3/t6-,7+,8+/m1/s1. The van der Waals surface area contributed by atoms with Gasteiger partial charge in [-0.15, -0.1) is 0 Å². The fraction of sp³-hybridized carbons (Fsp3) is 0.889. The number of nitrogens with one attached hydrogen (secondary N) is 2. The fourth-order valence-corrected chi connectivity index (χ4v) is 2.17. The molecule has 0 saturated carbocycles. The highest BCUT2D eigenvalue weighted by atomic mass is 16.5. The quantitative estimate of drug-likeness (QED) is 0.576. The molecule has 0 radical (unpaired) electrons. The van der Waals surface area contributed by atoms with Crippen molar-refractivity contribution in [2.45, 2.75) is 37.9 Å². The Morgan fingerprint density at radius 3 is 3.15 bits per heavy atom. The van der Waals surface area contributed by atoms with Crippen molar-refractivity contribution in [3.8, 4) is 0 Å². The van der Waals surface area contributed by atoms with Crippen molar-refractivity contribution < 1.29 is 9.53 Å². The minimum absolute atomic E-state index is 0.111. The highest BCUT2D eigenvalue weighted by molar-refractivity contribution is 5.77. The zero-order chi connectivity index (χ0) is 9.26. The summed E-state index contributed by atoms with van der Waals surface area (Å²) >= 11 is 0. The van der Waals surface area contributed by atoms with Gasteiger partial charge in [0.15, 0.2) is 0 Å². The maximum Gasteiger partial charge on any atom is 0.324 e. The highest BCUT2D eigenvalue weighted by Gasteiger charge is 2.39. The molecule has 2 heterocycles. The van der Waals surface area contributed by atoms with Crippen LogP contribution in [0.15, 0.2) is 0 Å². The fourth-order valence-electron chi connectivity index (χ4n) is 2.17. The molecule has 2 aliphatic heterocycles. The van der Waals surface area contributed by atoms with Crippen LogP contribution < -0.4 is 10.6 Å².